The fraction of sp³-hybridized carbons (Fsp3) is 0.750. The molecule has 0 unspecified atom stereocenters. The molecule has 2 saturated carbocycles. The van der Waals surface area contributed by atoms with Gasteiger partial charge in [0.25, 0.3) is 0 Å². The van der Waals surface area contributed by atoms with Gasteiger partial charge in [-0.3, -0.25) is 4.90 Å². The van der Waals surface area contributed by atoms with Crippen LogP contribution in [0.2, 0.25) is 0 Å². The fourth-order valence-corrected chi connectivity index (χ4v) is 4.30. The van der Waals surface area contributed by atoms with Crippen LogP contribution < -0.4 is 5.73 Å². The minimum Gasteiger partial charge on any atom is -0.329 e. The zero-order valence-corrected chi connectivity index (χ0v) is 12.6. The normalized spacial score (nSPS) is 23.5. The van der Waals surface area contributed by atoms with Crippen molar-refractivity contribution in [3.05, 3.63) is 22.4 Å². The molecular weight excluding hydrogens is 252 g/mol. The van der Waals surface area contributed by atoms with Crippen molar-refractivity contribution in [2.75, 3.05) is 6.54 Å². The van der Waals surface area contributed by atoms with Gasteiger partial charge in [0.2, 0.25) is 0 Å². The largest absolute Gasteiger partial charge is 0.329 e. The molecule has 2 aliphatic carbocycles. The van der Waals surface area contributed by atoms with Gasteiger partial charge in [-0.05, 0) is 48.1 Å². The van der Waals surface area contributed by atoms with Crippen molar-refractivity contribution in [2.24, 2.45) is 5.73 Å². The third-order valence-corrected chi connectivity index (χ3v) is 5.68. The van der Waals surface area contributed by atoms with E-state index in [9.17, 15) is 0 Å². The Labute approximate surface area is 121 Å². The third kappa shape index (κ3) is 3.04. The first-order valence-electron chi connectivity index (χ1n) is 7.82. The summed E-state index contributed by atoms with van der Waals surface area (Å²) in [4.78, 5) is 2.78. The molecule has 2 aliphatic rings. The van der Waals surface area contributed by atoms with Crippen molar-refractivity contribution < 1.29 is 0 Å². The minimum atomic E-state index is 0.291. The zero-order chi connectivity index (χ0) is 13.1. The topological polar surface area (TPSA) is 29.3 Å². The maximum absolute atomic E-state index is 6.26. The smallest absolute Gasteiger partial charge is 0.0338 e. The summed E-state index contributed by atoms with van der Waals surface area (Å²) in [7, 11) is 0. The fourth-order valence-electron chi connectivity index (χ4n) is 3.64. The molecule has 3 rings (SSSR count). The van der Waals surface area contributed by atoms with Crippen LogP contribution in [0.1, 0.15) is 56.9 Å². The van der Waals surface area contributed by atoms with Gasteiger partial charge in [-0.25, -0.2) is 0 Å². The summed E-state index contributed by atoms with van der Waals surface area (Å²) in [5.41, 5.74) is 8.04. The second-order valence-corrected chi connectivity index (χ2v) is 7.11. The quantitative estimate of drug-likeness (QED) is 0.831. The lowest BCUT2D eigenvalue weighted by Crippen LogP contribution is -2.54. The average Bonchev–Trinajstić information content (AvgIpc) is 3.20. The highest BCUT2D eigenvalue weighted by atomic mass is 32.1. The van der Waals surface area contributed by atoms with E-state index in [1.807, 2.05) is 11.3 Å². The van der Waals surface area contributed by atoms with Crippen molar-refractivity contribution in [2.45, 2.75) is 69.5 Å². The summed E-state index contributed by atoms with van der Waals surface area (Å²) < 4.78 is 0. The second-order valence-electron chi connectivity index (χ2n) is 6.33. The first kappa shape index (κ1) is 13.6. The number of hydrogen-bond donors (Lipinski definition) is 1. The summed E-state index contributed by atoms with van der Waals surface area (Å²) >= 11 is 1.81. The highest BCUT2D eigenvalue weighted by Crippen LogP contribution is 2.40. The van der Waals surface area contributed by atoms with Crippen molar-refractivity contribution in [1.29, 1.82) is 0 Å². The predicted octanol–water partition coefficient (Wildman–Crippen LogP) is 3.76. The number of rotatable bonds is 5. The SMILES string of the molecule is NCC1(N(Cc2ccsc2)C2CC2)CCCCCC1. The van der Waals surface area contributed by atoms with Crippen molar-refractivity contribution in [1.82, 2.24) is 4.90 Å². The third-order valence-electron chi connectivity index (χ3n) is 4.94. The van der Waals surface area contributed by atoms with Crippen molar-refractivity contribution in [3.63, 3.8) is 0 Å². The number of nitrogens with zero attached hydrogens (tertiary/aromatic N) is 1. The molecule has 0 radical (unpaired) electrons. The van der Waals surface area contributed by atoms with Crippen molar-refractivity contribution >= 4 is 11.3 Å². The van der Waals surface area contributed by atoms with E-state index in [0.29, 0.717) is 5.54 Å². The Balaban J connectivity index is 1.79. The highest BCUT2D eigenvalue weighted by Gasteiger charge is 2.43. The van der Waals surface area contributed by atoms with Crippen LogP contribution in [0.3, 0.4) is 0 Å². The van der Waals surface area contributed by atoms with Crippen LogP contribution in [0.15, 0.2) is 16.8 Å². The van der Waals surface area contributed by atoms with Crippen LogP contribution in [0.25, 0.3) is 0 Å². The molecular formula is C16H26N2S. The molecule has 19 heavy (non-hydrogen) atoms. The average molecular weight is 278 g/mol. The van der Waals surface area contributed by atoms with Gasteiger partial charge in [-0.2, -0.15) is 11.3 Å². The summed E-state index contributed by atoms with van der Waals surface area (Å²) in [6.07, 6.45) is 10.9. The minimum absolute atomic E-state index is 0.291. The first-order valence-corrected chi connectivity index (χ1v) is 8.76. The van der Waals surface area contributed by atoms with Gasteiger partial charge in [0.1, 0.15) is 0 Å². The molecule has 3 heteroatoms. The molecule has 2 nitrogen and oxygen atoms in total. The summed E-state index contributed by atoms with van der Waals surface area (Å²) in [5.74, 6) is 0. The molecule has 1 heterocycles. The van der Waals surface area contributed by atoms with E-state index in [1.54, 1.807) is 0 Å². The molecule has 1 aromatic rings. The van der Waals surface area contributed by atoms with E-state index in [4.69, 9.17) is 5.73 Å². The molecule has 0 aromatic carbocycles. The number of thiophene rings is 1. The van der Waals surface area contributed by atoms with Gasteiger partial charge in [0.15, 0.2) is 0 Å². The van der Waals surface area contributed by atoms with Crippen LogP contribution >= 0.6 is 11.3 Å². The summed E-state index contributed by atoms with van der Waals surface area (Å²) in [5, 5.41) is 4.50. The van der Waals surface area contributed by atoms with E-state index in [1.165, 1.54) is 56.9 Å². The first-order chi connectivity index (χ1) is 9.34. The van der Waals surface area contributed by atoms with Gasteiger partial charge in [-0.1, -0.05) is 25.7 Å². The Morgan fingerprint density at radius 3 is 2.47 bits per heavy atom. The molecule has 1 aromatic heterocycles. The summed E-state index contributed by atoms with van der Waals surface area (Å²) in [6.45, 7) is 1.96. The molecule has 0 bridgehead atoms. The standard InChI is InChI=1S/C16H26N2S/c17-13-16(8-3-1-2-4-9-16)18(15-5-6-15)11-14-7-10-19-12-14/h7,10,12,15H,1-6,8-9,11,13,17H2. The Kier molecular flexibility index (Phi) is 4.25. The van der Waals surface area contributed by atoms with Gasteiger partial charge in [0, 0.05) is 24.7 Å². The van der Waals surface area contributed by atoms with Crippen LogP contribution in [0.5, 0.6) is 0 Å². The van der Waals surface area contributed by atoms with Gasteiger partial charge >= 0.3 is 0 Å². The van der Waals surface area contributed by atoms with E-state index in [2.05, 4.69) is 21.7 Å². The molecule has 2 fully saturated rings. The molecule has 0 atom stereocenters. The van der Waals surface area contributed by atoms with E-state index >= 15 is 0 Å². The van der Waals surface area contributed by atoms with Crippen LogP contribution in [0.4, 0.5) is 0 Å². The Hall–Kier alpha value is -0.380. The summed E-state index contributed by atoms with van der Waals surface area (Å²) in [6, 6.07) is 3.09. The maximum Gasteiger partial charge on any atom is 0.0338 e. The van der Waals surface area contributed by atoms with Gasteiger partial charge in [0.05, 0.1) is 0 Å². The van der Waals surface area contributed by atoms with Crippen LogP contribution in [-0.2, 0) is 6.54 Å². The van der Waals surface area contributed by atoms with Crippen LogP contribution in [0, 0.1) is 0 Å². The van der Waals surface area contributed by atoms with Gasteiger partial charge < -0.3 is 5.73 Å². The number of nitrogens with two attached hydrogens (primary N) is 1. The maximum atomic E-state index is 6.26. The molecule has 0 saturated heterocycles. The molecule has 0 spiro atoms. The van der Waals surface area contributed by atoms with Gasteiger partial charge in [-0.15, -0.1) is 0 Å². The molecule has 0 amide bonds. The van der Waals surface area contributed by atoms with E-state index in [-0.39, 0.29) is 0 Å². The lowest BCUT2D eigenvalue weighted by Gasteiger charge is -2.43. The molecule has 0 aliphatic heterocycles. The highest BCUT2D eigenvalue weighted by molar-refractivity contribution is 7.07. The monoisotopic (exact) mass is 278 g/mol. The second kappa shape index (κ2) is 5.94. The van der Waals surface area contributed by atoms with Crippen molar-refractivity contribution in [3.8, 4) is 0 Å². The lowest BCUT2D eigenvalue weighted by atomic mass is 9.87. The zero-order valence-electron chi connectivity index (χ0n) is 11.8. The Morgan fingerprint density at radius 2 is 1.95 bits per heavy atom. The number of hydrogen-bond acceptors (Lipinski definition) is 3. The van der Waals surface area contributed by atoms with E-state index in [0.717, 1.165) is 19.1 Å². The Bertz CT molecular complexity index is 375. The van der Waals surface area contributed by atoms with E-state index < -0.39 is 0 Å². The molecule has 2 N–H and O–H groups in total. The Morgan fingerprint density at radius 1 is 1.21 bits per heavy atom. The van der Waals surface area contributed by atoms with Crippen LogP contribution in [-0.4, -0.2) is 23.0 Å². The lowest BCUT2D eigenvalue weighted by molar-refractivity contribution is 0.0612. The molecule has 106 valence electrons. The predicted molar refractivity (Wildman–Crippen MR) is 82.4 cm³/mol.